The number of nitrogens with zero attached hydrogens (tertiary/aromatic N) is 1. The molecule has 0 unspecified atom stereocenters. The summed E-state index contributed by atoms with van der Waals surface area (Å²) in [6, 6.07) is 16.6. The highest BCUT2D eigenvalue weighted by Crippen LogP contribution is 2.24. The zero-order valence-corrected chi connectivity index (χ0v) is 12.4. The van der Waals surface area contributed by atoms with Crippen LogP contribution in [0.25, 0.3) is 11.3 Å². The van der Waals surface area contributed by atoms with Crippen molar-refractivity contribution in [3.8, 4) is 17.0 Å². The van der Waals surface area contributed by atoms with Gasteiger partial charge in [-0.1, -0.05) is 30.3 Å². The van der Waals surface area contributed by atoms with Crippen molar-refractivity contribution in [1.29, 1.82) is 0 Å². The molecule has 24 heavy (non-hydrogen) atoms. The van der Waals surface area contributed by atoms with Gasteiger partial charge in [-0.05, 0) is 30.3 Å². The third-order valence-corrected chi connectivity index (χ3v) is 3.21. The highest BCUT2D eigenvalue weighted by molar-refractivity contribution is 6.03. The van der Waals surface area contributed by atoms with Crippen LogP contribution in [0.15, 0.2) is 60.7 Å². The van der Waals surface area contributed by atoms with Gasteiger partial charge in [0.05, 0.1) is 5.69 Å². The van der Waals surface area contributed by atoms with Crippen LogP contribution in [0.5, 0.6) is 5.75 Å². The molecule has 122 valence electrons. The van der Waals surface area contributed by atoms with E-state index in [9.17, 15) is 13.6 Å². The molecule has 0 fully saturated rings. The predicted molar refractivity (Wildman–Crippen MR) is 85.1 cm³/mol. The van der Waals surface area contributed by atoms with Crippen molar-refractivity contribution in [2.45, 2.75) is 6.61 Å². The summed E-state index contributed by atoms with van der Waals surface area (Å²) < 4.78 is 28.9. The molecule has 0 atom stereocenters. The molecule has 0 spiro atoms. The smallest absolute Gasteiger partial charge is 0.387 e. The first kappa shape index (κ1) is 15.7. The lowest BCUT2D eigenvalue weighted by atomic mass is 10.1. The number of hydrogen-bond donors (Lipinski definition) is 2. The first-order valence-corrected chi connectivity index (χ1v) is 7.09. The summed E-state index contributed by atoms with van der Waals surface area (Å²) in [6.45, 7) is -2.90. The average Bonchev–Trinajstić information content (AvgIpc) is 3.05. The van der Waals surface area contributed by atoms with E-state index in [1.165, 1.54) is 12.1 Å². The van der Waals surface area contributed by atoms with E-state index < -0.39 is 6.61 Å². The standard InChI is InChI=1S/C17H13F2N3O2/c18-17(19)24-13-8-4-5-11(9-13)14-10-15(22-21-14)16(23)20-12-6-2-1-3-7-12/h1-10,17H,(H,20,23)(H,21,22). The summed E-state index contributed by atoms with van der Waals surface area (Å²) in [5.74, 6) is -0.319. The number of benzene rings is 2. The summed E-state index contributed by atoms with van der Waals surface area (Å²) in [6.07, 6.45) is 0. The first-order valence-electron chi connectivity index (χ1n) is 7.09. The SMILES string of the molecule is O=C(Nc1ccccc1)c1cc(-c2cccc(OC(F)F)c2)n[nH]1. The summed E-state index contributed by atoms with van der Waals surface area (Å²) in [5.41, 5.74) is 1.93. The van der Waals surface area contributed by atoms with Gasteiger partial charge in [0, 0.05) is 11.3 Å². The molecule has 2 N–H and O–H groups in total. The van der Waals surface area contributed by atoms with Gasteiger partial charge in [-0.2, -0.15) is 13.9 Å². The van der Waals surface area contributed by atoms with Crippen LogP contribution in [0.1, 0.15) is 10.5 Å². The number of alkyl halides is 2. The second-order valence-electron chi connectivity index (χ2n) is 4.89. The van der Waals surface area contributed by atoms with Crippen LogP contribution >= 0.6 is 0 Å². The van der Waals surface area contributed by atoms with Crippen molar-refractivity contribution in [3.05, 3.63) is 66.4 Å². The fourth-order valence-corrected chi connectivity index (χ4v) is 2.14. The molecule has 3 aromatic rings. The van der Waals surface area contributed by atoms with Crippen molar-refractivity contribution in [2.24, 2.45) is 0 Å². The number of carbonyl (C=O) groups excluding carboxylic acids is 1. The quantitative estimate of drug-likeness (QED) is 0.745. The Morgan fingerprint density at radius 1 is 1.08 bits per heavy atom. The number of hydrogen-bond acceptors (Lipinski definition) is 3. The second kappa shape index (κ2) is 6.91. The van der Waals surface area contributed by atoms with Crippen molar-refractivity contribution in [1.82, 2.24) is 10.2 Å². The van der Waals surface area contributed by atoms with Crippen molar-refractivity contribution < 1.29 is 18.3 Å². The molecule has 7 heteroatoms. The molecule has 3 rings (SSSR count). The van der Waals surface area contributed by atoms with E-state index in [1.807, 2.05) is 18.2 Å². The second-order valence-corrected chi connectivity index (χ2v) is 4.89. The lowest BCUT2D eigenvalue weighted by Crippen LogP contribution is -2.12. The van der Waals surface area contributed by atoms with Gasteiger partial charge in [-0.15, -0.1) is 0 Å². The summed E-state index contributed by atoms with van der Waals surface area (Å²) in [4.78, 5) is 12.2. The Hall–Kier alpha value is -3.22. The molecule has 1 heterocycles. The zero-order chi connectivity index (χ0) is 16.9. The van der Waals surface area contributed by atoms with Crippen LogP contribution in [0, 0.1) is 0 Å². The van der Waals surface area contributed by atoms with E-state index in [1.54, 1.807) is 30.3 Å². The van der Waals surface area contributed by atoms with Gasteiger partial charge < -0.3 is 10.1 Å². The number of amides is 1. The molecule has 5 nitrogen and oxygen atoms in total. The number of H-pyrrole nitrogens is 1. The van der Waals surface area contributed by atoms with Crippen LogP contribution < -0.4 is 10.1 Å². The first-order chi connectivity index (χ1) is 11.6. The lowest BCUT2D eigenvalue weighted by molar-refractivity contribution is -0.0498. The van der Waals surface area contributed by atoms with Crippen molar-refractivity contribution in [2.75, 3.05) is 5.32 Å². The van der Waals surface area contributed by atoms with Crippen LogP contribution in [-0.4, -0.2) is 22.7 Å². The Balaban J connectivity index is 1.77. The minimum absolute atomic E-state index is 0.0285. The molecule has 0 aliphatic rings. The zero-order valence-electron chi connectivity index (χ0n) is 12.4. The molecule has 0 saturated carbocycles. The Morgan fingerprint density at radius 3 is 2.62 bits per heavy atom. The number of aromatic nitrogens is 2. The predicted octanol–water partition coefficient (Wildman–Crippen LogP) is 3.93. The van der Waals surface area contributed by atoms with Crippen LogP contribution in [0.4, 0.5) is 14.5 Å². The van der Waals surface area contributed by atoms with Gasteiger partial charge in [0.25, 0.3) is 5.91 Å². The minimum Gasteiger partial charge on any atom is -0.435 e. The summed E-state index contributed by atoms with van der Waals surface area (Å²) in [5, 5.41) is 9.40. The number of para-hydroxylation sites is 1. The number of halogens is 2. The van der Waals surface area contributed by atoms with E-state index in [-0.39, 0.29) is 17.4 Å². The number of rotatable bonds is 5. The molecule has 0 radical (unpaired) electrons. The molecule has 0 aliphatic heterocycles. The minimum atomic E-state index is -2.90. The third kappa shape index (κ3) is 3.75. The Labute approximate surface area is 136 Å². The summed E-state index contributed by atoms with van der Waals surface area (Å²) >= 11 is 0. The third-order valence-electron chi connectivity index (χ3n) is 3.21. The molecule has 2 aromatic carbocycles. The van der Waals surface area contributed by atoms with Gasteiger partial charge >= 0.3 is 6.61 Å². The van der Waals surface area contributed by atoms with E-state index >= 15 is 0 Å². The molecule has 0 aliphatic carbocycles. The maximum atomic E-state index is 12.3. The number of carbonyl (C=O) groups is 1. The van der Waals surface area contributed by atoms with E-state index in [0.29, 0.717) is 16.9 Å². The van der Waals surface area contributed by atoms with Crippen LogP contribution in [0.2, 0.25) is 0 Å². The molecule has 1 amide bonds. The molecule has 0 bridgehead atoms. The fraction of sp³-hybridized carbons (Fsp3) is 0.0588. The van der Waals surface area contributed by atoms with Crippen LogP contribution in [0.3, 0.4) is 0 Å². The summed E-state index contributed by atoms with van der Waals surface area (Å²) in [7, 11) is 0. The maximum Gasteiger partial charge on any atom is 0.387 e. The number of ether oxygens (including phenoxy) is 1. The Kier molecular flexibility index (Phi) is 4.51. The van der Waals surface area contributed by atoms with Gasteiger partial charge in [-0.3, -0.25) is 9.89 Å². The van der Waals surface area contributed by atoms with Gasteiger partial charge in [0.1, 0.15) is 11.4 Å². The Morgan fingerprint density at radius 2 is 1.88 bits per heavy atom. The number of anilines is 1. The van der Waals surface area contributed by atoms with Crippen molar-refractivity contribution >= 4 is 11.6 Å². The Bertz CT molecular complexity index is 835. The fourth-order valence-electron chi connectivity index (χ4n) is 2.14. The monoisotopic (exact) mass is 329 g/mol. The van der Waals surface area contributed by atoms with Gasteiger partial charge in [0.2, 0.25) is 0 Å². The number of nitrogens with one attached hydrogen (secondary N) is 2. The van der Waals surface area contributed by atoms with E-state index in [4.69, 9.17) is 0 Å². The van der Waals surface area contributed by atoms with Gasteiger partial charge in [-0.25, -0.2) is 0 Å². The van der Waals surface area contributed by atoms with E-state index in [2.05, 4.69) is 20.3 Å². The highest BCUT2D eigenvalue weighted by Gasteiger charge is 2.12. The largest absolute Gasteiger partial charge is 0.435 e. The lowest BCUT2D eigenvalue weighted by Gasteiger charge is -2.05. The molecular formula is C17H13F2N3O2. The molecule has 0 saturated heterocycles. The average molecular weight is 329 g/mol. The maximum absolute atomic E-state index is 12.3. The van der Waals surface area contributed by atoms with Crippen LogP contribution in [-0.2, 0) is 0 Å². The molecule has 1 aromatic heterocycles. The topological polar surface area (TPSA) is 67.0 Å². The van der Waals surface area contributed by atoms with E-state index in [0.717, 1.165) is 0 Å². The highest BCUT2D eigenvalue weighted by atomic mass is 19.3. The van der Waals surface area contributed by atoms with Gasteiger partial charge in [0.15, 0.2) is 0 Å². The number of aromatic amines is 1. The van der Waals surface area contributed by atoms with Crippen molar-refractivity contribution in [3.63, 3.8) is 0 Å². The molecular weight excluding hydrogens is 316 g/mol. The normalized spacial score (nSPS) is 10.6.